The third-order valence-corrected chi connectivity index (χ3v) is 5.04. The van der Waals surface area contributed by atoms with E-state index in [9.17, 15) is 0 Å². The van der Waals surface area contributed by atoms with Crippen molar-refractivity contribution in [2.45, 2.75) is 37.1 Å². The second-order valence-electron chi connectivity index (χ2n) is 6.28. The highest BCUT2D eigenvalue weighted by Gasteiger charge is 2.32. The average Bonchev–Trinajstić information content (AvgIpc) is 2.52. The van der Waals surface area contributed by atoms with Crippen molar-refractivity contribution in [2.75, 3.05) is 6.61 Å². The van der Waals surface area contributed by atoms with Crippen LogP contribution in [0.15, 0.2) is 48.5 Å². The SMILES string of the molecule is NC(CC1Cc2ccccc21)C1CCOc2ccccc21. The van der Waals surface area contributed by atoms with Gasteiger partial charge in [-0.2, -0.15) is 0 Å². The molecule has 0 saturated heterocycles. The molecular weight excluding hydrogens is 258 g/mol. The number of hydrogen-bond donors (Lipinski definition) is 1. The summed E-state index contributed by atoms with van der Waals surface area (Å²) in [5.74, 6) is 2.10. The first-order valence-electron chi connectivity index (χ1n) is 7.88. The molecule has 3 unspecified atom stereocenters. The molecule has 1 aliphatic carbocycles. The van der Waals surface area contributed by atoms with Gasteiger partial charge in [0.25, 0.3) is 0 Å². The molecule has 1 heterocycles. The van der Waals surface area contributed by atoms with E-state index in [1.54, 1.807) is 0 Å². The third-order valence-electron chi connectivity index (χ3n) is 5.04. The number of nitrogens with two attached hydrogens (primary N) is 1. The Morgan fingerprint density at radius 3 is 2.67 bits per heavy atom. The van der Waals surface area contributed by atoms with Crippen molar-refractivity contribution in [3.05, 3.63) is 65.2 Å². The van der Waals surface area contributed by atoms with Crippen molar-refractivity contribution in [1.29, 1.82) is 0 Å². The maximum absolute atomic E-state index is 6.58. The summed E-state index contributed by atoms with van der Waals surface area (Å²) in [5, 5.41) is 0. The van der Waals surface area contributed by atoms with Gasteiger partial charge in [0.1, 0.15) is 5.75 Å². The van der Waals surface area contributed by atoms with Crippen molar-refractivity contribution in [2.24, 2.45) is 5.73 Å². The predicted molar refractivity (Wildman–Crippen MR) is 84.8 cm³/mol. The van der Waals surface area contributed by atoms with E-state index in [0.29, 0.717) is 11.8 Å². The largest absolute Gasteiger partial charge is 0.493 e. The molecular formula is C19H21NO. The summed E-state index contributed by atoms with van der Waals surface area (Å²) in [6.07, 6.45) is 3.30. The number of rotatable bonds is 3. The summed E-state index contributed by atoms with van der Waals surface area (Å²) in [4.78, 5) is 0. The lowest BCUT2D eigenvalue weighted by molar-refractivity contribution is 0.249. The molecule has 1 aliphatic heterocycles. The van der Waals surface area contributed by atoms with Crippen LogP contribution in [-0.2, 0) is 6.42 Å². The van der Waals surface area contributed by atoms with Gasteiger partial charge >= 0.3 is 0 Å². The van der Waals surface area contributed by atoms with Crippen LogP contribution in [0.1, 0.15) is 41.4 Å². The topological polar surface area (TPSA) is 35.2 Å². The molecule has 21 heavy (non-hydrogen) atoms. The van der Waals surface area contributed by atoms with Gasteiger partial charge in [0.2, 0.25) is 0 Å². The van der Waals surface area contributed by atoms with Crippen LogP contribution in [0.25, 0.3) is 0 Å². The molecule has 4 rings (SSSR count). The molecule has 2 aromatic rings. The summed E-state index contributed by atoms with van der Waals surface area (Å²) in [6.45, 7) is 0.788. The van der Waals surface area contributed by atoms with Gasteiger partial charge in [0.05, 0.1) is 6.61 Å². The van der Waals surface area contributed by atoms with Crippen LogP contribution in [0.2, 0.25) is 0 Å². The van der Waals surface area contributed by atoms with Crippen LogP contribution in [0, 0.1) is 0 Å². The Kier molecular flexibility index (Phi) is 3.19. The Hall–Kier alpha value is -1.80. The van der Waals surface area contributed by atoms with E-state index < -0.39 is 0 Å². The van der Waals surface area contributed by atoms with E-state index in [0.717, 1.165) is 25.2 Å². The number of benzene rings is 2. The lowest BCUT2D eigenvalue weighted by atomic mass is 9.72. The van der Waals surface area contributed by atoms with Gasteiger partial charge < -0.3 is 10.5 Å². The molecule has 0 radical (unpaired) electrons. The lowest BCUT2D eigenvalue weighted by Crippen LogP contribution is -2.35. The fourth-order valence-electron chi connectivity index (χ4n) is 3.88. The molecule has 0 fully saturated rings. The van der Waals surface area contributed by atoms with Gasteiger partial charge in [0, 0.05) is 12.0 Å². The van der Waals surface area contributed by atoms with E-state index in [4.69, 9.17) is 10.5 Å². The molecule has 2 N–H and O–H groups in total. The van der Waals surface area contributed by atoms with Crippen LogP contribution >= 0.6 is 0 Å². The first-order valence-corrected chi connectivity index (χ1v) is 7.88. The minimum absolute atomic E-state index is 0.216. The highest BCUT2D eigenvalue weighted by atomic mass is 16.5. The zero-order valence-electron chi connectivity index (χ0n) is 12.2. The molecule has 0 bridgehead atoms. The monoisotopic (exact) mass is 279 g/mol. The number of hydrogen-bond acceptors (Lipinski definition) is 2. The quantitative estimate of drug-likeness (QED) is 0.931. The van der Waals surface area contributed by atoms with Crippen LogP contribution in [-0.4, -0.2) is 12.6 Å². The Bertz CT molecular complexity index is 652. The number of ether oxygens (including phenoxy) is 1. The van der Waals surface area contributed by atoms with Gasteiger partial charge in [-0.3, -0.25) is 0 Å². The minimum atomic E-state index is 0.216. The highest BCUT2D eigenvalue weighted by molar-refractivity contribution is 5.41. The van der Waals surface area contributed by atoms with E-state index in [1.165, 1.54) is 23.1 Å². The second-order valence-corrected chi connectivity index (χ2v) is 6.28. The second kappa shape index (κ2) is 5.19. The van der Waals surface area contributed by atoms with Crippen LogP contribution in [0.3, 0.4) is 0 Å². The smallest absolute Gasteiger partial charge is 0.122 e. The van der Waals surface area contributed by atoms with Gasteiger partial charge in [-0.05, 0) is 47.9 Å². The van der Waals surface area contributed by atoms with Gasteiger partial charge in [-0.1, -0.05) is 42.5 Å². The van der Waals surface area contributed by atoms with E-state index in [1.807, 2.05) is 6.07 Å². The zero-order chi connectivity index (χ0) is 14.2. The molecule has 2 heteroatoms. The van der Waals surface area contributed by atoms with Gasteiger partial charge in [-0.15, -0.1) is 0 Å². The third kappa shape index (κ3) is 2.24. The van der Waals surface area contributed by atoms with Crippen molar-refractivity contribution in [1.82, 2.24) is 0 Å². The molecule has 0 aromatic heterocycles. The molecule has 2 aromatic carbocycles. The predicted octanol–water partition coefficient (Wildman–Crippen LogP) is 3.61. The average molecular weight is 279 g/mol. The van der Waals surface area contributed by atoms with E-state index in [2.05, 4.69) is 42.5 Å². The van der Waals surface area contributed by atoms with Gasteiger partial charge in [-0.25, -0.2) is 0 Å². The van der Waals surface area contributed by atoms with Crippen molar-refractivity contribution < 1.29 is 4.74 Å². The molecule has 0 amide bonds. The van der Waals surface area contributed by atoms with Crippen molar-refractivity contribution in [3.8, 4) is 5.75 Å². The van der Waals surface area contributed by atoms with Crippen LogP contribution in [0.5, 0.6) is 5.75 Å². The maximum Gasteiger partial charge on any atom is 0.122 e. The molecule has 0 spiro atoms. The first-order chi connectivity index (χ1) is 10.3. The van der Waals surface area contributed by atoms with E-state index in [-0.39, 0.29) is 6.04 Å². The Morgan fingerprint density at radius 2 is 1.81 bits per heavy atom. The summed E-state index contributed by atoms with van der Waals surface area (Å²) in [5.41, 5.74) is 10.9. The zero-order valence-corrected chi connectivity index (χ0v) is 12.2. The van der Waals surface area contributed by atoms with Crippen LogP contribution < -0.4 is 10.5 Å². The highest BCUT2D eigenvalue weighted by Crippen LogP contribution is 2.42. The lowest BCUT2D eigenvalue weighted by Gasteiger charge is -2.36. The fraction of sp³-hybridized carbons (Fsp3) is 0.368. The number of fused-ring (bicyclic) bond motifs is 2. The molecule has 3 atom stereocenters. The normalized spacial score (nSPS) is 24.2. The van der Waals surface area contributed by atoms with Crippen molar-refractivity contribution >= 4 is 0 Å². The van der Waals surface area contributed by atoms with Crippen LogP contribution in [0.4, 0.5) is 0 Å². The molecule has 2 aliphatic rings. The van der Waals surface area contributed by atoms with E-state index >= 15 is 0 Å². The minimum Gasteiger partial charge on any atom is -0.493 e. The van der Waals surface area contributed by atoms with Crippen molar-refractivity contribution in [3.63, 3.8) is 0 Å². The Labute approximate surface area is 125 Å². The Morgan fingerprint density at radius 1 is 1.05 bits per heavy atom. The standard InChI is InChI=1S/C19H21NO/c20-18(12-14-11-13-5-1-2-6-15(13)14)16-9-10-21-19-8-4-3-7-17(16)19/h1-8,14,16,18H,9-12,20H2. The summed E-state index contributed by atoms with van der Waals surface area (Å²) >= 11 is 0. The first kappa shape index (κ1) is 12.9. The summed E-state index contributed by atoms with van der Waals surface area (Å²) < 4.78 is 5.75. The van der Waals surface area contributed by atoms with Gasteiger partial charge in [0.15, 0.2) is 0 Å². The molecule has 2 nitrogen and oxygen atoms in total. The summed E-state index contributed by atoms with van der Waals surface area (Å²) in [6, 6.07) is 17.3. The summed E-state index contributed by atoms with van der Waals surface area (Å²) in [7, 11) is 0. The Balaban J connectivity index is 1.51. The maximum atomic E-state index is 6.58. The molecule has 108 valence electrons. The number of para-hydroxylation sites is 1. The molecule has 0 saturated carbocycles. The fourth-order valence-corrected chi connectivity index (χ4v) is 3.88.